The molecule has 0 amide bonds. The van der Waals surface area contributed by atoms with Gasteiger partial charge in [0.25, 0.3) is 0 Å². The van der Waals surface area contributed by atoms with Gasteiger partial charge in [-0.15, -0.1) is 0 Å². The number of hydrogen-bond acceptors (Lipinski definition) is 1. The van der Waals surface area contributed by atoms with Crippen LogP contribution >= 0.6 is 0 Å². The van der Waals surface area contributed by atoms with Crippen molar-refractivity contribution in [2.75, 3.05) is 5.32 Å². The molecule has 6 aromatic carbocycles. The van der Waals surface area contributed by atoms with E-state index in [2.05, 4.69) is 212 Å². The fourth-order valence-corrected chi connectivity index (χ4v) is 9.20. The molecule has 57 heavy (non-hydrogen) atoms. The normalized spacial score (nSPS) is 14.2. The predicted octanol–water partition coefficient (Wildman–Crippen LogP) is 15.0. The summed E-state index contributed by atoms with van der Waals surface area (Å²) < 4.78 is 2.28. The summed E-state index contributed by atoms with van der Waals surface area (Å²) in [4.78, 5) is 0. The third-order valence-corrected chi connectivity index (χ3v) is 12.3. The van der Waals surface area contributed by atoms with Crippen molar-refractivity contribution in [2.45, 2.75) is 32.1 Å². The van der Waals surface area contributed by atoms with Gasteiger partial charge in [0.1, 0.15) is 0 Å². The zero-order valence-electron chi connectivity index (χ0n) is 32.3. The Hall–Kier alpha value is -6.90. The van der Waals surface area contributed by atoms with Gasteiger partial charge in [0.05, 0.1) is 5.69 Å². The molecule has 0 saturated carbocycles. The summed E-state index contributed by atoms with van der Waals surface area (Å²) in [7, 11) is 0. The molecule has 12 rings (SSSR count). The molecule has 0 fully saturated rings. The maximum absolute atomic E-state index is 3.71. The van der Waals surface area contributed by atoms with Gasteiger partial charge in [-0.1, -0.05) is 129 Å². The smallest absolute Gasteiger partial charge is 0.0528 e. The number of benzene rings is 7. The molecule has 0 bridgehead atoms. The third-order valence-electron chi connectivity index (χ3n) is 12.3. The second-order valence-electron chi connectivity index (χ2n) is 16.2. The maximum atomic E-state index is 3.71. The summed E-state index contributed by atoms with van der Waals surface area (Å²) in [5.74, 6) is 0. The molecule has 8 aromatic rings. The topological polar surface area (TPSA) is 16.4 Å². The number of pyridine rings is 1. The van der Waals surface area contributed by atoms with E-state index in [4.69, 9.17) is 0 Å². The number of allylic oxidation sites excluding steroid dienone is 4. The van der Waals surface area contributed by atoms with Crippen LogP contribution in [0.3, 0.4) is 0 Å². The SMILES string of the molecule is CC1(C)c2cc(Nc3ccc(-c4ccc5cc(C6=CCCC=C6)ccn45)cc3)ccc2-c2ccc(-c3cc4ccccc4c4ccccc34)cc21.c1cc2cc-2c1. The fraction of sp³-hybridized carbons (Fsp3) is 0.0909. The van der Waals surface area contributed by atoms with Crippen molar-refractivity contribution in [1.29, 1.82) is 0 Å². The van der Waals surface area contributed by atoms with Crippen molar-refractivity contribution >= 4 is 44.0 Å². The summed E-state index contributed by atoms with van der Waals surface area (Å²) in [6.45, 7) is 4.73. The largest absolute Gasteiger partial charge is 0.356 e. The zero-order valence-corrected chi connectivity index (χ0v) is 32.3. The summed E-state index contributed by atoms with van der Waals surface area (Å²) in [6.07, 6.45) is 11.3. The number of rotatable bonds is 5. The zero-order chi connectivity index (χ0) is 38.1. The Labute approximate surface area is 334 Å². The molecule has 2 aromatic heterocycles. The maximum Gasteiger partial charge on any atom is 0.0528 e. The summed E-state index contributed by atoms with van der Waals surface area (Å²) in [5, 5.41) is 8.89. The lowest BCUT2D eigenvalue weighted by molar-refractivity contribution is 0.661. The van der Waals surface area contributed by atoms with E-state index in [-0.39, 0.29) is 5.41 Å². The lowest BCUT2D eigenvalue weighted by Crippen LogP contribution is -2.15. The summed E-state index contributed by atoms with van der Waals surface area (Å²) in [6, 6.07) is 60.1. The minimum absolute atomic E-state index is 0.130. The highest BCUT2D eigenvalue weighted by molar-refractivity contribution is 6.14. The first-order valence-corrected chi connectivity index (χ1v) is 20.1. The molecule has 272 valence electrons. The van der Waals surface area contributed by atoms with Gasteiger partial charge in [-0.3, -0.25) is 0 Å². The molecule has 0 aliphatic heterocycles. The predicted molar refractivity (Wildman–Crippen MR) is 242 cm³/mol. The highest BCUT2D eigenvalue weighted by Crippen LogP contribution is 2.51. The Kier molecular flexibility index (Phi) is 7.69. The van der Waals surface area contributed by atoms with E-state index in [1.165, 1.54) is 94.0 Å². The Morgan fingerprint density at radius 2 is 1.21 bits per heavy atom. The molecular weight excluding hydrogens is 689 g/mol. The second-order valence-corrected chi connectivity index (χ2v) is 16.2. The van der Waals surface area contributed by atoms with Crippen LogP contribution in [0.4, 0.5) is 11.4 Å². The Bertz CT molecular complexity index is 3100. The van der Waals surface area contributed by atoms with E-state index in [0.717, 1.165) is 24.2 Å². The minimum Gasteiger partial charge on any atom is -0.356 e. The molecule has 2 heterocycles. The first kappa shape index (κ1) is 33.4. The summed E-state index contributed by atoms with van der Waals surface area (Å²) >= 11 is 0. The molecule has 0 unspecified atom stereocenters. The van der Waals surface area contributed by atoms with Crippen molar-refractivity contribution in [2.24, 2.45) is 0 Å². The van der Waals surface area contributed by atoms with Gasteiger partial charge in [0.15, 0.2) is 0 Å². The molecule has 1 N–H and O–H groups in total. The Morgan fingerprint density at radius 1 is 0.491 bits per heavy atom. The minimum atomic E-state index is -0.130. The Balaban J connectivity index is 0.000000566. The van der Waals surface area contributed by atoms with Crippen LogP contribution in [0.2, 0.25) is 0 Å². The molecule has 0 saturated heterocycles. The molecule has 2 nitrogen and oxygen atoms in total. The average molecular weight is 731 g/mol. The van der Waals surface area contributed by atoms with Crippen molar-refractivity contribution < 1.29 is 0 Å². The van der Waals surface area contributed by atoms with Gasteiger partial charge in [-0.25, -0.2) is 0 Å². The molecule has 0 spiro atoms. The van der Waals surface area contributed by atoms with Crippen LogP contribution in [-0.4, -0.2) is 4.40 Å². The number of anilines is 2. The van der Waals surface area contributed by atoms with Gasteiger partial charge < -0.3 is 9.72 Å². The first-order chi connectivity index (χ1) is 28.0. The average Bonchev–Trinajstić information content (AvgIpc) is 3.53. The number of hydrogen-bond donors (Lipinski definition) is 1. The van der Waals surface area contributed by atoms with Crippen molar-refractivity contribution in [3.8, 4) is 44.6 Å². The monoisotopic (exact) mass is 730 g/mol. The second kappa shape index (κ2) is 13.1. The molecule has 0 atom stereocenters. The van der Waals surface area contributed by atoms with Gasteiger partial charge in [0.2, 0.25) is 0 Å². The molecule has 4 aliphatic rings. The van der Waals surface area contributed by atoms with Crippen molar-refractivity contribution in [3.63, 3.8) is 0 Å². The first-order valence-electron chi connectivity index (χ1n) is 20.1. The van der Waals surface area contributed by atoms with Crippen molar-refractivity contribution in [1.82, 2.24) is 4.40 Å². The van der Waals surface area contributed by atoms with Crippen LogP contribution in [0.1, 0.15) is 43.4 Å². The van der Waals surface area contributed by atoms with Crippen LogP contribution in [0, 0.1) is 0 Å². The number of nitrogens with one attached hydrogen (secondary N) is 1. The lowest BCUT2D eigenvalue weighted by atomic mass is 9.81. The molecule has 4 aliphatic carbocycles. The molecular formula is C55H42N2. The summed E-state index contributed by atoms with van der Waals surface area (Å²) in [5.41, 5.74) is 19.1. The van der Waals surface area contributed by atoms with E-state index < -0.39 is 0 Å². The van der Waals surface area contributed by atoms with Crippen molar-refractivity contribution in [3.05, 3.63) is 205 Å². The standard InChI is InChI=1S/C49H38N2.C6H4/c1-49(2)46-30-36(45-29-35-12-6-7-13-40(35)41-14-8-9-15-42(41)45)18-23-43(46)44-24-21-38(31-47(44)49)50-37-19-16-33(17-20-37)48-25-22-39-28-34(26-27-51(39)48)32-10-4-3-5-11-32;1-2-5-4-6(5)3-1/h4,6-31,50H,3,5H2,1-2H3;1-4H. The molecule has 2 heteroatoms. The molecule has 0 radical (unpaired) electrons. The quantitative estimate of drug-likeness (QED) is 0.174. The Morgan fingerprint density at radius 3 is 1.96 bits per heavy atom. The van der Waals surface area contributed by atoms with Crippen LogP contribution in [-0.2, 0) is 5.41 Å². The fourth-order valence-electron chi connectivity index (χ4n) is 9.20. The van der Waals surface area contributed by atoms with Gasteiger partial charge in [-0.2, -0.15) is 0 Å². The number of nitrogens with zero attached hydrogens (tertiary/aromatic N) is 1. The van der Waals surface area contributed by atoms with E-state index in [9.17, 15) is 0 Å². The van der Waals surface area contributed by atoms with Crippen LogP contribution < -0.4 is 5.32 Å². The van der Waals surface area contributed by atoms with E-state index >= 15 is 0 Å². The highest BCUT2D eigenvalue weighted by atomic mass is 14.9. The number of fused-ring (bicyclic) bond motifs is 8. The van der Waals surface area contributed by atoms with Gasteiger partial charge in [-0.05, 0) is 162 Å². The third kappa shape index (κ3) is 5.79. The van der Waals surface area contributed by atoms with Crippen LogP contribution in [0.15, 0.2) is 188 Å². The van der Waals surface area contributed by atoms with Gasteiger partial charge >= 0.3 is 0 Å². The number of aromatic nitrogens is 1. The highest BCUT2D eigenvalue weighted by Gasteiger charge is 2.36. The van der Waals surface area contributed by atoms with E-state index in [0.29, 0.717) is 0 Å². The van der Waals surface area contributed by atoms with Crippen LogP contribution in [0.5, 0.6) is 0 Å². The van der Waals surface area contributed by atoms with Gasteiger partial charge in [0, 0.05) is 28.5 Å². The van der Waals surface area contributed by atoms with E-state index in [1.54, 1.807) is 0 Å². The lowest BCUT2D eigenvalue weighted by Gasteiger charge is -2.23. The van der Waals surface area contributed by atoms with Crippen LogP contribution in [0.25, 0.3) is 77.3 Å². The van der Waals surface area contributed by atoms with E-state index in [1.807, 2.05) is 0 Å².